The van der Waals surface area contributed by atoms with Crippen molar-refractivity contribution in [3.05, 3.63) is 29.8 Å². The van der Waals surface area contributed by atoms with Crippen molar-refractivity contribution < 1.29 is 9.21 Å². The van der Waals surface area contributed by atoms with Gasteiger partial charge in [-0.15, -0.1) is 10.2 Å². The summed E-state index contributed by atoms with van der Waals surface area (Å²) in [5, 5.41) is 17.4. The van der Waals surface area contributed by atoms with Crippen LogP contribution in [0.5, 0.6) is 0 Å². The summed E-state index contributed by atoms with van der Waals surface area (Å²) >= 11 is 1.16. The molecule has 1 heterocycles. The summed E-state index contributed by atoms with van der Waals surface area (Å²) in [6, 6.07) is 9.82. The van der Waals surface area contributed by atoms with Crippen molar-refractivity contribution in [3.63, 3.8) is 0 Å². The van der Waals surface area contributed by atoms with Crippen molar-refractivity contribution in [3.8, 4) is 17.5 Å². The molecular formula is C16H18N4O2S. The summed E-state index contributed by atoms with van der Waals surface area (Å²) < 4.78 is 5.60. The molecule has 120 valence electrons. The van der Waals surface area contributed by atoms with E-state index in [0.717, 1.165) is 22.9 Å². The van der Waals surface area contributed by atoms with Gasteiger partial charge in [0.05, 0.1) is 11.8 Å². The molecule has 0 aliphatic heterocycles. The largest absolute Gasteiger partial charge is 0.411 e. The molecule has 0 aliphatic carbocycles. The van der Waals surface area contributed by atoms with Crippen molar-refractivity contribution in [2.45, 2.75) is 31.5 Å². The summed E-state index contributed by atoms with van der Waals surface area (Å²) in [5.41, 5.74) is 1.07. The zero-order valence-corrected chi connectivity index (χ0v) is 14.3. The average Bonchev–Trinajstić information content (AvgIpc) is 3.01. The molecule has 0 saturated heterocycles. The predicted octanol–water partition coefficient (Wildman–Crippen LogP) is 2.90. The van der Waals surface area contributed by atoms with Gasteiger partial charge in [0.2, 0.25) is 11.8 Å². The number of aryl methyl sites for hydroxylation is 1. The molecule has 2 rings (SSSR count). The van der Waals surface area contributed by atoms with Crippen LogP contribution in [0.25, 0.3) is 11.5 Å². The molecule has 1 aromatic heterocycles. The summed E-state index contributed by atoms with van der Waals surface area (Å²) in [5.74, 6) is 0.401. The number of benzene rings is 1. The second-order valence-electron chi connectivity index (χ2n) is 5.60. The smallest absolute Gasteiger partial charge is 0.277 e. The van der Waals surface area contributed by atoms with Gasteiger partial charge in [0.15, 0.2) is 0 Å². The van der Waals surface area contributed by atoms with Crippen LogP contribution >= 0.6 is 11.8 Å². The van der Waals surface area contributed by atoms with Crippen molar-refractivity contribution in [2.24, 2.45) is 0 Å². The maximum Gasteiger partial charge on any atom is 0.277 e. The summed E-state index contributed by atoms with van der Waals surface area (Å²) in [6.45, 7) is 5.35. The monoisotopic (exact) mass is 330 g/mol. The highest BCUT2D eigenvalue weighted by molar-refractivity contribution is 7.99. The Balaban J connectivity index is 2.02. The topological polar surface area (TPSA) is 83.0 Å². The lowest BCUT2D eigenvalue weighted by Gasteiger charge is -2.28. The number of nitriles is 1. The van der Waals surface area contributed by atoms with Gasteiger partial charge in [-0.3, -0.25) is 4.79 Å². The van der Waals surface area contributed by atoms with E-state index in [9.17, 15) is 4.79 Å². The third-order valence-electron chi connectivity index (χ3n) is 3.59. The first-order chi connectivity index (χ1) is 10.8. The number of carbonyl (C=O) groups excluding carboxylic acids is 1. The SMILES string of the molecule is Cc1ccccc1-c1nnc(SCC(=O)N(C)C(C)(C)C#N)o1. The first-order valence-electron chi connectivity index (χ1n) is 7.05. The van der Waals surface area contributed by atoms with Crippen molar-refractivity contribution in [1.29, 1.82) is 5.26 Å². The lowest BCUT2D eigenvalue weighted by atomic mass is 10.1. The maximum atomic E-state index is 12.1. The summed E-state index contributed by atoms with van der Waals surface area (Å²) in [7, 11) is 1.61. The Bertz CT molecular complexity index is 749. The molecule has 0 bridgehead atoms. The third-order valence-corrected chi connectivity index (χ3v) is 4.39. The molecule has 0 fully saturated rings. The molecule has 0 radical (unpaired) electrons. The molecule has 2 aromatic rings. The zero-order valence-electron chi connectivity index (χ0n) is 13.5. The molecule has 0 unspecified atom stereocenters. The van der Waals surface area contributed by atoms with E-state index in [-0.39, 0.29) is 11.7 Å². The van der Waals surface area contributed by atoms with Gasteiger partial charge >= 0.3 is 0 Å². The number of rotatable bonds is 5. The van der Waals surface area contributed by atoms with Gasteiger partial charge < -0.3 is 9.32 Å². The lowest BCUT2D eigenvalue weighted by Crippen LogP contribution is -2.44. The van der Waals surface area contributed by atoms with Gasteiger partial charge in [-0.1, -0.05) is 30.0 Å². The molecule has 0 spiro atoms. The summed E-state index contributed by atoms with van der Waals surface area (Å²) in [4.78, 5) is 13.5. The molecule has 1 aromatic carbocycles. The summed E-state index contributed by atoms with van der Waals surface area (Å²) in [6.07, 6.45) is 0. The van der Waals surface area contributed by atoms with Crippen LogP contribution in [0.4, 0.5) is 0 Å². The lowest BCUT2D eigenvalue weighted by molar-refractivity contribution is -0.130. The highest BCUT2D eigenvalue weighted by Crippen LogP contribution is 2.26. The van der Waals surface area contributed by atoms with Crippen molar-refractivity contribution in [1.82, 2.24) is 15.1 Å². The molecule has 7 heteroatoms. The molecule has 0 atom stereocenters. The maximum absolute atomic E-state index is 12.1. The molecule has 0 aliphatic rings. The normalized spacial score (nSPS) is 11.1. The fourth-order valence-electron chi connectivity index (χ4n) is 1.80. The molecule has 0 N–H and O–H groups in total. The van der Waals surface area contributed by atoms with Gasteiger partial charge in [0.1, 0.15) is 5.54 Å². The van der Waals surface area contributed by atoms with Crippen LogP contribution in [0.2, 0.25) is 0 Å². The van der Waals surface area contributed by atoms with Crippen LogP contribution in [-0.4, -0.2) is 39.3 Å². The number of amides is 1. The predicted molar refractivity (Wildman–Crippen MR) is 87.7 cm³/mol. The van der Waals surface area contributed by atoms with Crippen LogP contribution in [0, 0.1) is 18.3 Å². The van der Waals surface area contributed by atoms with Gasteiger partial charge in [0, 0.05) is 12.6 Å². The third kappa shape index (κ3) is 3.90. The van der Waals surface area contributed by atoms with Crippen molar-refractivity contribution in [2.75, 3.05) is 12.8 Å². The van der Waals surface area contributed by atoms with Gasteiger partial charge in [-0.25, -0.2) is 0 Å². The Morgan fingerprint density at radius 1 is 1.39 bits per heavy atom. The first kappa shape index (κ1) is 17.0. The van der Waals surface area contributed by atoms with Crippen LogP contribution in [0.3, 0.4) is 0 Å². The Morgan fingerprint density at radius 3 is 2.74 bits per heavy atom. The number of aromatic nitrogens is 2. The van der Waals surface area contributed by atoms with E-state index in [2.05, 4.69) is 16.3 Å². The van der Waals surface area contributed by atoms with E-state index in [1.54, 1.807) is 20.9 Å². The molecule has 23 heavy (non-hydrogen) atoms. The molecular weight excluding hydrogens is 312 g/mol. The Hall–Kier alpha value is -2.33. The van der Waals surface area contributed by atoms with E-state index in [1.807, 2.05) is 31.2 Å². The Labute approximate surface area is 139 Å². The van der Waals surface area contributed by atoms with Gasteiger partial charge in [-0.2, -0.15) is 5.26 Å². The average molecular weight is 330 g/mol. The highest BCUT2D eigenvalue weighted by atomic mass is 32.2. The second-order valence-corrected chi connectivity index (χ2v) is 6.53. The number of nitrogens with zero attached hydrogens (tertiary/aromatic N) is 4. The van der Waals surface area contributed by atoms with Crippen LogP contribution in [0.1, 0.15) is 19.4 Å². The number of carbonyl (C=O) groups is 1. The molecule has 1 amide bonds. The van der Waals surface area contributed by atoms with E-state index >= 15 is 0 Å². The first-order valence-corrected chi connectivity index (χ1v) is 8.04. The van der Waals surface area contributed by atoms with Crippen LogP contribution < -0.4 is 0 Å². The number of hydrogen-bond acceptors (Lipinski definition) is 6. The van der Waals surface area contributed by atoms with E-state index in [1.165, 1.54) is 4.90 Å². The highest BCUT2D eigenvalue weighted by Gasteiger charge is 2.27. The van der Waals surface area contributed by atoms with E-state index in [4.69, 9.17) is 9.68 Å². The van der Waals surface area contributed by atoms with Crippen LogP contribution in [0.15, 0.2) is 33.9 Å². The quantitative estimate of drug-likeness (QED) is 0.784. The number of thioether (sulfide) groups is 1. The second kappa shape index (κ2) is 6.84. The fraction of sp³-hybridized carbons (Fsp3) is 0.375. The Kier molecular flexibility index (Phi) is 5.06. The minimum absolute atomic E-state index is 0.136. The van der Waals surface area contributed by atoms with Gasteiger partial charge in [-0.05, 0) is 32.4 Å². The van der Waals surface area contributed by atoms with E-state index < -0.39 is 5.54 Å². The standard InChI is InChI=1S/C16H18N4O2S/c1-11-7-5-6-8-12(11)14-18-19-15(22-14)23-9-13(21)20(4)16(2,3)10-17/h5-8H,9H2,1-4H3. The van der Waals surface area contributed by atoms with Gasteiger partial charge in [0.25, 0.3) is 5.22 Å². The Morgan fingerprint density at radius 2 is 2.09 bits per heavy atom. The fourth-order valence-corrected chi connectivity index (χ4v) is 2.47. The molecule has 0 saturated carbocycles. The number of hydrogen-bond donors (Lipinski definition) is 0. The van der Waals surface area contributed by atoms with E-state index in [0.29, 0.717) is 11.1 Å². The zero-order chi connectivity index (χ0) is 17.0. The van der Waals surface area contributed by atoms with Crippen molar-refractivity contribution >= 4 is 17.7 Å². The molecule has 6 nitrogen and oxygen atoms in total. The van der Waals surface area contributed by atoms with Crippen LogP contribution in [-0.2, 0) is 4.79 Å². The minimum Gasteiger partial charge on any atom is -0.411 e. The minimum atomic E-state index is -0.848.